The van der Waals surface area contributed by atoms with E-state index in [4.69, 9.17) is 9.47 Å². The van der Waals surface area contributed by atoms with Crippen molar-refractivity contribution in [1.29, 1.82) is 0 Å². The normalized spacial score (nSPS) is 13.0. The van der Waals surface area contributed by atoms with E-state index in [1.807, 2.05) is 31.2 Å². The van der Waals surface area contributed by atoms with Crippen LogP contribution in [0.25, 0.3) is 0 Å². The molecule has 2 N–H and O–H groups in total. The fraction of sp³-hybridized carbons (Fsp3) is 0.150. The van der Waals surface area contributed by atoms with Gasteiger partial charge in [0.15, 0.2) is 11.5 Å². The van der Waals surface area contributed by atoms with E-state index in [0.29, 0.717) is 24.7 Å². The summed E-state index contributed by atoms with van der Waals surface area (Å²) in [7, 11) is -3.79. The first-order valence-corrected chi connectivity index (χ1v) is 10.2. The lowest BCUT2D eigenvalue weighted by Crippen LogP contribution is -2.17. The molecule has 0 radical (unpaired) electrons. The van der Waals surface area contributed by atoms with Crippen LogP contribution in [0, 0.1) is 6.92 Å². The van der Waals surface area contributed by atoms with Crippen LogP contribution in [0.1, 0.15) is 5.56 Å². The summed E-state index contributed by atoms with van der Waals surface area (Å²) < 4.78 is 38.6. The van der Waals surface area contributed by atoms with E-state index in [-0.39, 0.29) is 10.7 Å². The molecular formula is C20H19N3O4S. The number of anilines is 3. The summed E-state index contributed by atoms with van der Waals surface area (Å²) in [5, 5.41) is 3.22. The predicted molar refractivity (Wildman–Crippen MR) is 107 cm³/mol. The Bertz CT molecular complexity index is 1080. The summed E-state index contributed by atoms with van der Waals surface area (Å²) in [4.78, 5) is 4.27. The van der Waals surface area contributed by atoms with Gasteiger partial charge in [0.05, 0.1) is 16.8 Å². The van der Waals surface area contributed by atoms with Gasteiger partial charge in [-0.2, -0.15) is 0 Å². The lowest BCUT2D eigenvalue weighted by atomic mass is 10.2. The molecule has 0 amide bonds. The van der Waals surface area contributed by atoms with Crippen LogP contribution in [0.4, 0.5) is 17.2 Å². The Balaban J connectivity index is 1.48. The van der Waals surface area contributed by atoms with E-state index >= 15 is 0 Å². The zero-order valence-corrected chi connectivity index (χ0v) is 16.0. The fourth-order valence-electron chi connectivity index (χ4n) is 2.72. The first kappa shape index (κ1) is 18.1. The topological polar surface area (TPSA) is 89.5 Å². The molecule has 4 rings (SSSR count). The van der Waals surface area contributed by atoms with Crippen molar-refractivity contribution in [3.05, 3.63) is 66.4 Å². The highest BCUT2D eigenvalue weighted by molar-refractivity contribution is 7.92. The van der Waals surface area contributed by atoms with Crippen molar-refractivity contribution >= 4 is 27.2 Å². The number of fused-ring (bicyclic) bond motifs is 1. The molecule has 2 aromatic carbocycles. The smallest absolute Gasteiger partial charge is 0.263 e. The Labute approximate surface area is 163 Å². The van der Waals surface area contributed by atoms with Gasteiger partial charge in [0.25, 0.3) is 10.0 Å². The van der Waals surface area contributed by atoms with Crippen LogP contribution in [0.3, 0.4) is 0 Å². The number of rotatable bonds is 5. The fourth-order valence-corrected chi connectivity index (χ4v) is 3.74. The third-order valence-electron chi connectivity index (χ3n) is 4.17. The molecule has 2 heterocycles. The van der Waals surface area contributed by atoms with Crippen molar-refractivity contribution in [1.82, 2.24) is 4.98 Å². The molecule has 1 aromatic heterocycles. The van der Waals surface area contributed by atoms with Crippen molar-refractivity contribution in [2.75, 3.05) is 23.3 Å². The molecule has 0 saturated carbocycles. The van der Waals surface area contributed by atoms with Gasteiger partial charge < -0.3 is 14.8 Å². The first-order chi connectivity index (χ1) is 13.5. The Kier molecular flexibility index (Phi) is 4.79. The molecule has 0 atom stereocenters. The van der Waals surface area contributed by atoms with Crippen LogP contribution in [0.15, 0.2) is 65.7 Å². The van der Waals surface area contributed by atoms with Crippen LogP contribution < -0.4 is 19.5 Å². The van der Waals surface area contributed by atoms with Crippen molar-refractivity contribution in [3.8, 4) is 11.5 Å². The molecule has 8 heteroatoms. The molecule has 0 aliphatic carbocycles. The summed E-state index contributed by atoms with van der Waals surface area (Å²) in [6, 6.07) is 15.8. The molecule has 144 valence electrons. The van der Waals surface area contributed by atoms with Crippen molar-refractivity contribution in [2.24, 2.45) is 0 Å². The summed E-state index contributed by atoms with van der Waals surface area (Å²) in [6.07, 6.45) is 1.57. The van der Waals surface area contributed by atoms with Gasteiger partial charge in [-0.15, -0.1) is 0 Å². The Morgan fingerprint density at radius 3 is 2.32 bits per heavy atom. The molecule has 28 heavy (non-hydrogen) atoms. The predicted octanol–water partition coefficient (Wildman–Crippen LogP) is 3.71. The number of aromatic nitrogens is 1. The lowest BCUT2D eigenvalue weighted by Gasteiger charge is -2.19. The first-order valence-electron chi connectivity index (χ1n) is 8.72. The van der Waals surface area contributed by atoms with E-state index in [1.165, 1.54) is 17.7 Å². The third kappa shape index (κ3) is 4.01. The Hall–Kier alpha value is -3.26. The molecule has 0 saturated heterocycles. The quantitative estimate of drug-likeness (QED) is 0.682. The largest absolute Gasteiger partial charge is 0.486 e. The number of nitrogens with one attached hydrogen (secondary N) is 2. The van der Waals surface area contributed by atoms with Crippen molar-refractivity contribution < 1.29 is 17.9 Å². The van der Waals surface area contributed by atoms with E-state index in [0.717, 1.165) is 11.4 Å². The Morgan fingerprint density at radius 1 is 0.893 bits per heavy atom. The second-order valence-corrected chi connectivity index (χ2v) is 8.02. The van der Waals surface area contributed by atoms with Gasteiger partial charge in [0.1, 0.15) is 19.0 Å². The maximum absolute atomic E-state index is 12.6. The van der Waals surface area contributed by atoms with Gasteiger partial charge in [-0.1, -0.05) is 17.7 Å². The third-order valence-corrected chi connectivity index (χ3v) is 5.52. The minimum absolute atomic E-state index is 0.0837. The molecule has 7 nitrogen and oxygen atoms in total. The van der Waals surface area contributed by atoms with E-state index in [1.54, 1.807) is 24.4 Å². The van der Waals surface area contributed by atoms with Crippen LogP contribution in [-0.4, -0.2) is 26.6 Å². The van der Waals surface area contributed by atoms with E-state index in [9.17, 15) is 8.42 Å². The summed E-state index contributed by atoms with van der Waals surface area (Å²) in [5.41, 5.74) is 2.86. The molecule has 0 bridgehead atoms. The molecule has 0 unspecified atom stereocenters. The highest BCUT2D eigenvalue weighted by Gasteiger charge is 2.19. The Morgan fingerprint density at radius 2 is 1.61 bits per heavy atom. The van der Waals surface area contributed by atoms with E-state index < -0.39 is 10.0 Å². The van der Waals surface area contributed by atoms with Crippen molar-refractivity contribution in [3.63, 3.8) is 0 Å². The zero-order chi connectivity index (χ0) is 19.6. The van der Waals surface area contributed by atoms with Gasteiger partial charge in [-0.3, -0.25) is 4.72 Å². The molecule has 1 aliphatic rings. The number of hydrogen-bond donors (Lipinski definition) is 2. The van der Waals surface area contributed by atoms with Crippen LogP contribution in [-0.2, 0) is 10.0 Å². The average Bonchev–Trinajstić information content (AvgIpc) is 2.70. The van der Waals surface area contributed by atoms with Gasteiger partial charge in [0, 0.05) is 11.8 Å². The highest BCUT2D eigenvalue weighted by atomic mass is 32.2. The zero-order valence-electron chi connectivity index (χ0n) is 15.2. The number of sulfonamides is 1. The molecular weight excluding hydrogens is 378 g/mol. The molecule has 3 aromatic rings. The van der Waals surface area contributed by atoms with Crippen LogP contribution in [0.5, 0.6) is 11.5 Å². The molecule has 0 spiro atoms. The number of aryl methyl sites for hydroxylation is 1. The average molecular weight is 397 g/mol. The minimum Gasteiger partial charge on any atom is -0.486 e. The van der Waals surface area contributed by atoms with Crippen LogP contribution >= 0.6 is 0 Å². The second-order valence-electron chi connectivity index (χ2n) is 6.33. The van der Waals surface area contributed by atoms with Gasteiger partial charge in [-0.05, 0) is 43.3 Å². The van der Waals surface area contributed by atoms with Gasteiger partial charge in [-0.25, -0.2) is 13.4 Å². The lowest BCUT2D eigenvalue weighted by molar-refractivity contribution is 0.171. The summed E-state index contributed by atoms with van der Waals surface area (Å²) in [6.45, 7) is 2.86. The number of pyridine rings is 1. The molecule has 1 aliphatic heterocycles. The van der Waals surface area contributed by atoms with Crippen LogP contribution in [0.2, 0.25) is 0 Å². The monoisotopic (exact) mass is 397 g/mol. The highest BCUT2D eigenvalue weighted by Crippen LogP contribution is 2.32. The standard InChI is InChI=1S/C20H19N3O4S/c1-14-2-4-15(5-3-14)22-16-6-9-20(21-13-16)23-28(24,25)17-7-8-18-19(12-17)27-11-10-26-18/h2-9,12-13,22H,10-11H2,1H3,(H,21,23). The number of nitrogens with zero attached hydrogens (tertiary/aromatic N) is 1. The second kappa shape index (κ2) is 7.40. The number of ether oxygens (including phenoxy) is 2. The van der Waals surface area contributed by atoms with Gasteiger partial charge >= 0.3 is 0 Å². The van der Waals surface area contributed by atoms with Crippen molar-refractivity contribution in [2.45, 2.75) is 11.8 Å². The summed E-state index contributed by atoms with van der Waals surface area (Å²) >= 11 is 0. The van der Waals surface area contributed by atoms with E-state index in [2.05, 4.69) is 15.0 Å². The minimum atomic E-state index is -3.79. The maximum atomic E-state index is 12.6. The molecule has 0 fully saturated rings. The SMILES string of the molecule is Cc1ccc(Nc2ccc(NS(=O)(=O)c3ccc4c(c3)OCCO4)nc2)cc1. The maximum Gasteiger partial charge on any atom is 0.263 e. The van der Waals surface area contributed by atoms with Gasteiger partial charge in [0.2, 0.25) is 0 Å². The number of hydrogen-bond acceptors (Lipinski definition) is 6. The number of benzene rings is 2. The summed E-state index contributed by atoms with van der Waals surface area (Å²) in [5.74, 6) is 1.18.